The standard InChI is InChI=1S/C11H9IN2/c1-8-10(6-14-7-11(8)12)9-3-2-4-13-5-9/h2-7H,1H3. The molecule has 0 bridgehead atoms. The van der Waals surface area contributed by atoms with Gasteiger partial charge in [0.2, 0.25) is 0 Å². The molecule has 0 aromatic carbocycles. The van der Waals surface area contributed by atoms with Crippen molar-refractivity contribution in [1.29, 1.82) is 0 Å². The first-order valence-electron chi connectivity index (χ1n) is 4.29. The number of nitrogens with zero attached hydrogens (tertiary/aromatic N) is 2. The van der Waals surface area contributed by atoms with Crippen molar-refractivity contribution in [2.75, 3.05) is 0 Å². The molecular weight excluding hydrogens is 287 g/mol. The van der Waals surface area contributed by atoms with Gasteiger partial charge in [-0.15, -0.1) is 0 Å². The Labute approximate surface area is 96.6 Å². The fraction of sp³-hybridized carbons (Fsp3) is 0.0909. The summed E-state index contributed by atoms with van der Waals surface area (Å²) in [4.78, 5) is 8.29. The van der Waals surface area contributed by atoms with Crippen LogP contribution in [0, 0.1) is 10.5 Å². The molecule has 0 aliphatic heterocycles. The van der Waals surface area contributed by atoms with Gasteiger partial charge in [-0.1, -0.05) is 6.07 Å². The number of pyridine rings is 2. The van der Waals surface area contributed by atoms with Crippen LogP contribution in [0.4, 0.5) is 0 Å². The molecule has 3 heteroatoms. The van der Waals surface area contributed by atoms with E-state index in [-0.39, 0.29) is 0 Å². The molecule has 0 unspecified atom stereocenters. The summed E-state index contributed by atoms with van der Waals surface area (Å²) < 4.78 is 1.18. The third-order valence-electron chi connectivity index (χ3n) is 2.13. The largest absolute Gasteiger partial charge is 0.264 e. The Balaban J connectivity index is 2.58. The van der Waals surface area contributed by atoms with E-state index in [4.69, 9.17) is 0 Å². The van der Waals surface area contributed by atoms with Gasteiger partial charge >= 0.3 is 0 Å². The molecule has 2 aromatic rings. The lowest BCUT2D eigenvalue weighted by Crippen LogP contribution is -1.89. The van der Waals surface area contributed by atoms with Crippen LogP contribution in [0.2, 0.25) is 0 Å². The average Bonchev–Trinajstić information content (AvgIpc) is 2.23. The van der Waals surface area contributed by atoms with Crippen molar-refractivity contribution >= 4 is 22.6 Å². The summed E-state index contributed by atoms with van der Waals surface area (Å²) in [5.41, 5.74) is 3.54. The molecule has 14 heavy (non-hydrogen) atoms. The molecule has 2 heterocycles. The highest BCUT2D eigenvalue weighted by Crippen LogP contribution is 2.24. The summed E-state index contributed by atoms with van der Waals surface area (Å²) >= 11 is 2.29. The molecule has 0 radical (unpaired) electrons. The Bertz CT molecular complexity index is 440. The fourth-order valence-corrected chi connectivity index (χ4v) is 1.76. The van der Waals surface area contributed by atoms with Crippen LogP contribution in [0.15, 0.2) is 36.9 Å². The van der Waals surface area contributed by atoms with Crippen LogP contribution < -0.4 is 0 Å². The Morgan fingerprint density at radius 3 is 2.71 bits per heavy atom. The Kier molecular flexibility index (Phi) is 2.77. The van der Waals surface area contributed by atoms with Crippen molar-refractivity contribution in [2.24, 2.45) is 0 Å². The van der Waals surface area contributed by atoms with Crippen LogP contribution in [0.1, 0.15) is 5.56 Å². The summed E-state index contributed by atoms with van der Waals surface area (Å²) in [6.07, 6.45) is 7.39. The first-order valence-corrected chi connectivity index (χ1v) is 5.37. The molecule has 2 aromatic heterocycles. The summed E-state index contributed by atoms with van der Waals surface area (Å²) in [6, 6.07) is 3.99. The van der Waals surface area contributed by atoms with E-state index >= 15 is 0 Å². The normalized spacial score (nSPS) is 10.1. The van der Waals surface area contributed by atoms with Gasteiger partial charge in [0, 0.05) is 39.5 Å². The first kappa shape index (κ1) is 9.58. The molecule has 0 aliphatic rings. The molecule has 0 aliphatic carbocycles. The Morgan fingerprint density at radius 2 is 2.00 bits per heavy atom. The van der Waals surface area contributed by atoms with Crippen LogP contribution in [0.5, 0.6) is 0 Å². The highest BCUT2D eigenvalue weighted by molar-refractivity contribution is 14.1. The monoisotopic (exact) mass is 296 g/mol. The highest BCUT2D eigenvalue weighted by Gasteiger charge is 2.04. The molecule has 0 N–H and O–H groups in total. The number of hydrogen-bond acceptors (Lipinski definition) is 2. The van der Waals surface area contributed by atoms with Gasteiger partial charge in [0.15, 0.2) is 0 Å². The maximum Gasteiger partial charge on any atom is 0.0404 e. The second-order valence-electron chi connectivity index (χ2n) is 3.04. The van der Waals surface area contributed by atoms with Crippen molar-refractivity contribution in [3.8, 4) is 11.1 Å². The van der Waals surface area contributed by atoms with E-state index in [0.29, 0.717) is 0 Å². The van der Waals surface area contributed by atoms with Crippen molar-refractivity contribution in [3.05, 3.63) is 46.1 Å². The van der Waals surface area contributed by atoms with Gasteiger partial charge in [0.1, 0.15) is 0 Å². The molecule has 2 rings (SSSR count). The number of aromatic nitrogens is 2. The second kappa shape index (κ2) is 4.04. The molecule has 0 atom stereocenters. The molecule has 2 nitrogen and oxygen atoms in total. The Hall–Kier alpha value is -0.970. The van der Waals surface area contributed by atoms with Crippen molar-refractivity contribution in [2.45, 2.75) is 6.92 Å². The average molecular weight is 296 g/mol. The van der Waals surface area contributed by atoms with Gasteiger partial charge in [-0.2, -0.15) is 0 Å². The summed E-state index contributed by atoms with van der Waals surface area (Å²) in [6.45, 7) is 2.10. The van der Waals surface area contributed by atoms with Crippen LogP contribution in [0.25, 0.3) is 11.1 Å². The summed E-state index contributed by atoms with van der Waals surface area (Å²) in [5, 5.41) is 0. The van der Waals surface area contributed by atoms with Crippen LogP contribution in [-0.2, 0) is 0 Å². The van der Waals surface area contributed by atoms with Crippen molar-refractivity contribution in [1.82, 2.24) is 9.97 Å². The molecule has 0 amide bonds. The van der Waals surface area contributed by atoms with Gasteiger partial charge in [-0.05, 0) is 41.1 Å². The van der Waals surface area contributed by atoms with Crippen LogP contribution >= 0.6 is 22.6 Å². The van der Waals surface area contributed by atoms with Gasteiger partial charge < -0.3 is 0 Å². The molecule has 70 valence electrons. The molecule has 0 fully saturated rings. The van der Waals surface area contributed by atoms with Gasteiger partial charge in [0.25, 0.3) is 0 Å². The van der Waals surface area contributed by atoms with E-state index in [2.05, 4.69) is 39.5 Å². The number of hydrogen-bond donors (Lipinski definition) is 0. The topological polar surface area (TPSA) is 25.8 Å². The van der Waals surface area contributed by atoms with E-state index in [9.17, 15) is 0 Å². The lowest BCUT2D eigenvalue weighted by Gasteiger charge is -2.05. The maximum atomic E-state index is 4.19. The number of halogens is 1. The van der Waals surface area contributed by atoms with Crippen molar-refractivity contribution in [3.63, 3.8) is 0 Å². The van der Waals surface area contributed by atoms with Crippen LogP contribution in [-0.4, -0.2) is 9.97 Å². The van der Waals surface area contributed by atoms with Crippen molar-refractivity contribution < 1.29 is 0 Å². The molecule has 0 spiro atoms. The zero-order chi connectivity index (χ0) is 9.97. The van der Waals surface area contributed by atoms with E-state index in [0.717, 1.165) is 11.1 Å². The fourth-order valence-electron chi connectivity index (χ4n) is 1.31. The quantitative estimate of drug-likeness (QED) is 0.756. The molecule has 0 saturated carbocycles. The van der Waals surface area contributed by atoms with E-state index < -0.39 is 0 Å². The van der Waals surface area contributed by atoms with E-state index in [1.807, 2.05) is 30.7 Å². The minimum absolute atomic E-state index is 1.12. The lowest BCUT2D eigenvalue weighted by atomic mass is 10.1. The second-order valence-corrected chi connectivity index (χ2v) is 4.20. The predicted molar refractivity (Wildman–Crippen MR) is 64.9 cm³/mol. The summed E-state index contributed by atoms with van der Waals surface area (Å²) in [7, 11) is 0. The van der Waals surface area contributed by atoms with Gasteiger partial charge in [0.05, 0.1) is 0 Å². The predicted octanol–water partition coefficient (Wildman–Crippen LogP) is 3.06. The highest BCUT2D eigenvalue weighted by atomic mass is 127. The smallest absolute Gasteiger partial charge is 0.0404 e. The van der Waals surface area contributed by atoms with E-state index in [1.54, 1.807) is 6.20 Å². The lowest BCUT2D eigenvalue weighted by molar-refractivity contribution is 1.24. The minimum atomic E-state index is 1.12. The van der Waals surface area contributed by atoms with E-state index in [1.165, 1.54) is 9.13 Å². The zero-order valence-corrected chi connectivity index (χ0v) is 9.89. The molecule has 0 saturated heterocycles. The maximum absolute atomic E-state index is 4.19. The minimum Gasteiger partial charge on any atom is -0.264 e. The molecular formula is C11H9IN2. The zero-order valence-electron chi connectivity index (χ0n) is 7.74. The number of rotatable bonds is 1. The first-order chi connectivity index (χ1) is 6.79. The third-order valence-corrected chi connectivity index (χ3v) is 3.21. The Morgan fingerprint density at radius 1 is 1.14 bits per heavy atom. The summed E-state index contributed by atoms with van der Waals surface area (Å²) in [5.74, 6) is 0. The van der Waals surface area contributed by atoms with Gasteiger partial charge in [-0.25, -0.2) is 0 Å². The van der Waals surface area contributed by atoms with Gasteiger partial charge in [-0.3, -0.25) is 9.97 Å². The SMILES string of the molecule is Cc1c(I)cncc1-c1cccnc1. The third kappa shape index (κ3) is 1.77. The van der Waals surface area contributed by atoms with Crippen LogP contribution in [0.3, 0.4) is 0 Å².